The van der Waals surface area contributed by atoms with E-state index in [1.807, 2.05) is 26.0 Å². The number of thiophene rings is 1. The van der Waals surface area contributed by atoms with Gasteiger partial charge in [0.05, 0.1) is 11.9 Å². The Bertz CT molecular complexity index is 1030. The second-order valence-corrected chi connectivity index (χ2v) is 8.96. The van der Waals surface area contributed by atoms with E-state index in [0.717, 1.165) is 65.0 Å². The number of hydrogen-bond acceptors (Lipinski definition) is 6. The molecule has 0 amide bonds. The van der Waals surface area contributed by atoms with Crippen LogP contribution in [0.5, 0.6) is 5.75 Å². The van der Waals surface area contributed by atoms with Crippen LogP contribution in [0.1, 0.15) is 21.8 Å². The molecule has 1 aliphatic heterocycles. The molecule has 154 valence electrons. The topological polar surface area (TPSA) is 61.5 Å². The number of fused-ring (bicyclic) bond motifs is 1. The van der Waals surface area contributed by atoms with E-state index in [0.29, 0.717) is 13.2 Å². The molecule has 1 fully saturated rings. The summed E-state index contributed by atoms with van der Waals surface area (Å²) in [7, 11) is 0. The zero-order chi connectivity index (χ0) is 20.4. The lowest BCUT2D eigenvalue weighted by atomic mass is 10.2. The Morgan fingerprint density at radius 3 is 2.48 bits per heavy atom. The van der Waals surface area contributed by atoms with Crippen molar-refractivity contribution in [1.82, 2.24) is 19.8 Å². The number of nitrogens with zero attached hydrogens (tertiary/aromatic N) is 3. The van der Waals surface area contributed by atoms with Gasteiger partial charge in [-0.1, -0.05) is 17.7 Å². The normalized spacial score (nSPS) is 15.8. The average molecular weight is 413 g/mol. The first-order valence-corrected chi connectivity index (χ1v) is 10.9. The highest BCUT2D eigenvalue weighted by molar-refractivity contribution is 7.18. The molecule has 3 heterocycles. The van der Waals surface area contributed by atoms with Gasteiger partial charge in [-0.2, -0.15) is 0 Å². The molecule has 1 aliphatic rings. The summed E-state index contributed by atoms with van der Waals surface area (Å²) in [5.74, 6) is 1.69. The van der Waals surface area contributed by atoms with Crippen LogP contribution in [0.2, 0.25) is 0 Å². The van der Waals surface area contributed by atoms with Crippen molar-refractivity contribution in [3.63, 3.8) is 0 Å². The fraction of sp³-hybridized carbons (Fsp3) is 0.455. The Balaban J connectivity index is 1.27. The Morgan fingerprint density at radius 1 is 1.07 bits per heavy atom. The number of benzene rings is 1. The molecular formula is C22H28N4O2S. The Labute approximate surface area is 175 Å². The number of nitrogens with one attached hydrogen (secondary N) is 1. The summed E-state index contributed by atoms with van der Waals surface area (Å²) >= 11 is 1.61. The summed E-state index contributed by atoms with van der Waals surface area (Å²) in [5.41, 5.74) is 2.28. The second kappa shape index (κ2) is 8.65. The molecule has 0 saturated carbocycles. The van der Waals surface area contributed by atoms with Crippen molar-refractivity contribution < 1.29 is 4.74 Å². The molecule has 3 aromatic rings. The van der Waals surface area contributed by atoms with Crippen molar-refractivity contribution in [3.05, 3.63) is 56.4 Å². The summed E-state index contributed by atoms with van der Waals surface area (Å²) < 4.78 is 5.85. The molecule has 1 N–H and O–H groups in total. The summed E-state index contributed by atoms with van der Waals surface area (Å²) in [6.07, 6.45) is 0. The molecule has 0 unspecified atom stereocenters. The molecule has 0 radical (unpaired) electrons. The van der Waals surface area contributed by atoms with Crippen molar-refractivity contribution in [2.45, 2.75) is 27.3 Å². The van der Waals surface area contributed by atoms with Crippen LogP contribution in [0.25, 0.3) is 10.2 Å². The molecular weight excluding hydrogens is 384 g/mol. The smallest absolute Gasteiger partial charge is 0.259 e. The second-order valence-electron chi connectivity index (χ2n) is 7.76. The van der Waals surface area contributed by atoms with Crippen molar-refractivity contribution in [3.8, 4) is 5.75 Å². The Hall–Kier alpha value is -2.22. The highest BCUT2D eigenvalue weighted by Crippen LogP contribution is 2.25. The van der Waals surface area contributed by atoms with Gasteiger partial charge in [0.2, 0.25) is 0 Å². The molecule has 1 saturated heterocycles. The fourth-order valence-electron chi connectivity index (χ4n) is 3.68. The maximum Gasteiger partial charge on any atom is 0.259 e. The predicted molar refractivity (Wildman–Crippen MR) is 118 cm³/mol. The number of ether oxygens (including phenoxy) is 1. The van der Waals surface area contributed by atoms with Crippen LogP contribution in [-0.2, 0) is 6.54 Å². The lowest BCUT2D eigenvalue weighted by Gasteiger charge is -2.34. The number of aromatic amines is 1. The third-order valence-electron chi connectivity index (χ3n) is 5.62. The molecule has 6 nitrogen and oxygen atoms in total. The van der Waals surface area contributed by atoms with E-state index < -0.39 is 0 Å². The number of aromatic nitrogens is 2. The molecule has 29 heavy (non-hydrogen) atoms. The average Bonchev–Trinajstić information content (AvgIpc) is 2.99. The van der Waals surface area contributed by atoms with E-state index in [-0.39, 0.29) is 5.56 Å². The van der Waals surface area contributed by atoms with Crippen LogP contribution in [0.3, 0.4) is 0 Å². The quantitative estimate of drug-likeness (QED) is 0.674. The van der Waals surface area contributed by atoms with E-state index in [9.17, 15) is 4.79 Å². The number of hydrogen-bond donors (Lipinski definition) is 1. The lowest BCUT2D eigenvalue weighted by Crippen LogP contribution is -2.47. The minimum absolute atomic E-state index is 0.0151. The zero-order valence-electron chi connectivity index (χ0n) is 17.3. The zero-order valence-corrected chi connectivity index (χ0v) is 18.1. The molecule has 1 aromatic carbocycles. The Morgan fingerprint density at radius 2 is 1.76 bits per heavy atom. The third kappa shape index (κ3) is 4.69. The fourth-order valence-corrected chi connectivity index (χ4v) is 4.73. The van der Waals surface area contributed by atoms with Gasteiger partial charge in [0.1, 0.15) is 23.0 Å². The van der Waals surface area contributed by atoms with Crippen LogP contribution < -0.4 is 10.3 Å². The van der Waals surface area contributed by atoms with Gasteiger partial charge in [-0.05, 0) is 38.5 Å². The van der Waals surface area contributed by atoms with Crippen LogP contribution in [0, 0.1) is 20.8 Å². The monoisotopic (exact) mass is 412 g/mol. The van der Waals surface area contributed by atoms with Crippen molar-refractivity contribution in [2.75, 3.05) is 39.3 Å². The van der Waals surface area contributed by atoms with Gasteiger partial charge in [-0.15, -0.1) is 11.3 Å². The van der Waals surface area contributed by atoms with Gasteiger partial charge >= 0.3 is 0 Å². The predicted octanol–water partition coefficient (Wildman–Crippen LogP) is 3.11. The summed E-state index contributed by atoms with van der Waals surface area (Å²) in [6, 6.07) is 8.19. The van der Waals surface area contributed by atoms with Crippen molar-refractivity contribution in [2.24, 2.45) is 0 Å². The first kappa shape index (κ1) is 20.1. The van der Waals surface area contributed by atoms with Crippen LogP contribution in [0.15, 0.2) is 29.1 Å². The number of H-pyrrole nitrogens is 1. The summed E-state index contributed by atoms with van der Waals surface area (Å²) in [6.45, 7) is 12.4. The van der Waals surface area contributed by atoms with Gasteiger partial charge in [0.25, 0.3) is 5.56 Å². The van der Waals surface area contributed by atoms with E-state index >= 15 is 0 Å². The van der Waals surface area contributed by atoms with E-state index in [1.165, 1.54) is 5.56 Å². The van der Waals surface area contributed by atoms with Gasteiger partial charge in [0, 0.05) is 37.6 Å². The number of aryl methyl sites for hydroxylation is 3. The molecule has 0 spiro atoms. The molecule has 7 heteroatoms. The van der Waals surface area contributed by atoms with Gasteiger partial charge in [-0.3, -0.25) is 14.6 Å². The maximum atomic E-state index is 12.5. The number of rotatable bonds is 6. The molecule has 0 atom stereocenters. The van der Waals surface area contributed by atoms with Crippen LogP contribution >= 0.6 is 11.3 Å². The summed E-state index contributed by atoms with van der Waals surface area (Å²) in [5, 5.41) is 0.745. The standard InChI is InChI=1S/C22H28N4O2S/c1-15-4-6-18(7-5-15)28-13-12-25-8-10-26(11-9-25)14-19-23-21(27)20-16(2)17(3)29-22(20)24-19/h4-7H,8-14H2,1-3H3,(H,23,24,27). The highest BCUT2D eigenvalue weighted by atomic mass is 32.1. The first-order chi connectivity index (χ1) is 14.0. The minimum atomic E-state index is -0.0151. The minimum Gasteiger partial charge on any atom is -0.492 e. The van der Waals surface area contributed by atoms with Gasteiger partial charge in [0.15, 0.2) is 0 Å². The maximum absolute atomic E-state index is 12.5. The highest BCUT2D eigenvalue weighted by Gasteiger charge is 2.19. The molecule has 0 bridgehead atoms. The van der Waals surface area contributed by atoms with Crippen LogP contribution in [-0.4, -0.2) is 59.1 Å². The molecule has 2 aromatic heterocycles. The van der Waals surface area contributed by atoms with Crippen LogP contribution in [0.4, 0.5) is 0 Å². The summed E-state index contributed by atoms with van der Waals surface area (Å²) in [4.78, 5) is 26.9. The third-order valence-corrected chi connectivity index (χ3v) is 6.72. The van der Waals surface area contributed by atoms with E-state index in [1.54, 1.807) is 11.3 Å². The number of piperazine rings is 1. The molecule has 0 aliphatic carbocycles. The molecule has 4 rings (SSSR count). The first-order valence-electron chi connectivity index (χ1n) is 10.1. The largest absolute Gasteiger partial charge is 0.492 e. The Kier molecular flexibility index (Phi) is 5.99. The lowest BCUT2D eigenvalue weighted by molar-refractivity contribution is 0.111. The van der Waals surface area contributed by atoms with E-state index in [2.05, 4.69) is 33.8 Å². The SMILES string of the molecule is Cc1ccc(OCCN2CCN(Cc3nc4sc(C)c(C)c4c(=O)[nH]3)CC2)cc1. The van der Waals surface area contributed by atoms with Gasteiger partial charge in [-0.25, -0.2) is 4.98 Å². The van der Waals surface area contributed by atoms with E-state index in [4.69, 9.17) is 9.72 Å². The van der Waals surface area contributed by atoms with Gasteiger partial charge < -0.3 is 9.72 Å². The van der Waals surface area contributed by atoms with Crippen molar-refractivity contribution >= 4 is 21.6 Å². The van der Waals surface area contributed by atoms with Crippen molar-refractivity contribution in [1.29, 1.82) is 0 Å².